The van der Waals surface area contributed by atoms with Crippen LogP contribution in [0.3, 0.4) is 0 Å². The van der Waals surface area contributed by atoms with Crippen LogP contribution in [0.5, 0.6) is 0 Å². The van der Waals surface area contributed by atoms with Crippen molar-refractivity contribution in [3.63, 3.8) is 0 Å². The summed E-state index contributed by atoms with van der Waals surface area (Å²) in [5.41, 5.74) is 4.86. The highest BCUT2D eigenvalue weighted by molar-refractivity contribution is 6.62. The second kappa shape index (κ2) is 5.05. The molecule has 0 aliphatic rings. The first-order valence-corrected chi connectivity index (χ1v) is 1.61. The summed E-state index contributed by atoms with van der Waals surface area (Å²) < 4.78 is 0. The van der Waals surface area contributed by atoms with Gasteiger partial charge in [0.1, 0.15) is 0 Å². The first-order valence-electron chi connectivity index (χ1n) is 1.23. The van der Waals surface area contributed by atoms with E-state index in [4.69, 9.17) is 17.3 Å². The molecule has 0 atom stereocenters. The molecule has 6 heavy (non-hydrogen) atoms. The molecule has 0 amide bonds. The Hall–Kier alpha value is 0.0500. The van der Waals surface area contributed by atoms with E-state index >= 15 is 0 Å². The second-order valence-electron chi connectivity index (χ2n) is 0.598. The molecule has 0 radical (unpaired) electrons. The summed E-state index contributed by atoms with van der Waals surface area (Å²) in [6.07, 6.45) is 0. The molecular weight excluding hydrogens is 123 g/mol. The third-order valence-corrected chi connectivity index (χ3v) is 0.428. The van der Waals surface area contributed by atoms with Gasteiger partial charge in [-0.25, -0.2) is 0 Å². The monoisotopic (exact) mass is 128 g/mol. The fraction of sp³-hybridized carbons (Fsp3) is 0.500. The zero-order chi connectivity index (χ0) is 4.28. The number of amidine groups is 1. The molecule has 0 unspecified atom stereocenters. The van der Waals surface area contributed by atoms with Crippen LogP contribution < -0.4 is 23.1 Å². The summed E-state index contributed by atoms with van der Waals surface area (Å²) in [5, 5.41) is 0.227. The number of nitrogens with two attached hydrogens (primary N) is 1. The van der Waals surface area contributed by atoms with E-state index < -0.39 is 0 Å². The van der Waals surface area contributed by atoms with Gasteiger partial charge >= 0.3 is 5.29 Å². The smallest absolute Gasteiger partial charge is 0.338 e. The Morgan fingerprint density at radius 1 is 1.83 bits per heavy atom. The lowest BCUT2D eigenvalue weighted by Gasteiger charge is -1.64. The van der Waals surface area contributed by atoms with Gasteiger partial charge in [-0.3, -0.25) is 10.7 Å². The van der Waals surface area contributed by atoms with Gasteiger partial charge in [0.15, 0.2) is 0 Å². The maximum atomic E-state index is 5.05. The fourth-order valence-electron chi connectivity index (χ4n) is 0. The van der Waals surface area contributed by atoms with Crippen LogP contribution in [0.1, 0.15) is 0 Å². The quantitative estimate of drug-likeness (QED) is 0.192. The van der Waals surface area contributed by atoms with Gasteiger partial charge in [0, 0.05) is 11.6 Å². The summed E-state index contributed by atoms with van der Waals surface area (Å²) in [6.45, 7) is 0. The molecule has 38 valence electrons. The van der Waals surface area contributed by atoms with Crippen LogP contribution in [-0.2, 0) is 0 Å². The molecule has 0 aromatic carbocycles. The molecule has 0 saturated heterocycles. The van der Waals surface area contributed by atoms with Crippen molar-refractivity contribution in [2.75, 3.05) is 7.05 Å². The molecule has 0 spiro atoms. The van der Waals surface area contributed by atoms with Crippen LogP contribution in [-0.4, -0.2) is 12.3 Å². The Morgan fingerprint density at radius 2 is 2.00 bits per heavy atom. The fourth-order valence-corrected chi connectivity index (χ4v) is 0. The Labute approximate surface area is 47.8 Å². The normalized spacial score (nSPS) is 10.0. The summed E-state index contributed by atoms with van der Waals surface area (Å²) in [7, 11) is 1.66. The molecule has 0 aliphatic carbocycles. The maximum absolute atomic E-state index is 5.05. The Morgan fingerprint density at radius 3 is 2.00 bits per heavy atom. The summed E-state index contributed by atoms with van der Waals surface area (Å²) in [5.74, 6) is 0. The van der Waals surface area contributed by atoms with E-state index in [-0.39, 0.29) is 17.7 Å². The van der Waals surface area contributed by atoms with Crippen LogP contribution in [0.4, 0.5) is 0 Å². The van der Waals surface area contributed by atoms with Crippen molar-refractivity contribution < 1.29 is 17.4 Å². The number of nitrogens with one attached hydrogen (secondary N) is 1. The highest BCUT2D eigenvalue weighted by Gasteiger charge is 1.76. The zero-order valence-corrected chi connectivity index (χ0v) is 4.85. The highest BCUT2D eigenvalue weighted by atomic mass is 35.5. The van der Waals surface area contributed by atoms with Crippen molar-refractivity contribution in [3.05, 3.63) is 0 Å². The predicted octanol–water partition coefficient (Wildman–Crippen LogP) is -4.75. The van der Waals surface area contributed by atoms with E-state index in [1.54, 1.807) is 7.05 Å². The van der Waals surface area contributed by atoms with Gasteiger partial charge < -0.3 is 12.4 Å². The molecule has 0 heterocycles. The van der Waals surface area contributed by atoms with E-state index in [0.717, 1.165) is 0 Å². The third-order valence-electron chi connectivity index (χ3n) is 0.239. The zero-order valence-electron chi connectivity index (χ0n) is 3.33. The van der Waals surface area contributed by atoms with Crippen LogP contribution in [0, 0.1) is 0 Å². The van der Waals surface area contributed by atoms with E-state index in [9.17, 15) is 0 Å². The SMILES string of the molecule is C[NH+]=C(N)Cl.[Cl-]. The number of hydrogen-bond donors (Lipinski definition) is 2. The van der Waals surface area contributed by atoms with E-state index in [1.807, 2.05) is 0 Å². The lowest BCUT2D eigenvalue weighted by atomic mass is 11.3. The largest absolute Gasteiger partial charge is 1.00 e. The molecule has 2 nitrogen and oxygen atoms in total. The molecule has 0 fully saturated rings. The lowest BCUT2D eigenvalue weighted by molar-refractivity contribution is -0.417. The van der Waals surface area contributed by atoms with E-state index in [2.05, 4.69) is 4.99 Å². The molecule has 0 rings (SSSR count). The van der Waals surface area contributed by atoms with Crippen LogP contribution >= 0.6 is 11.6 Å². The minimum atomic E-state index is 0. The molecule has 0 saturated carbocycles. The molecule has 4 heteroatoms. The first-order chi connectivity index (χ1) is 2.27. The molecule has 3 N–H and O–H groups in total. The number of rotatable bonds is 0. The van der Waals surface area contributed by atoms with Gasteiger partial charge in [0.25, 0.3) is 0 Å². The van der Waals surface area contributed by atoms with Gasteiger partial charge in [0.05, 0.1) is 7.05 Å². The van der Waals surface area contributed by atoms with Gasteiger partial charge in [-0.2, -0.15) is 0 Å². The van der Waals surface area contributed by atoms with Crippen molar-refractivity contribution in [1.82, 2.24) is 0 Å². The lowest BCUT2D eigenvalue weighted by Crippen LogP contribution is -3.00. The topological polar surface area (TPSA) is 40.0 Å². The number of hydrogen-bond acceptors (Lipinski definition) is 0. The van der Waals surface area contributed by atoms with Gasteiger partial charge in [0.2, 0.25) is 0 Å². The van der Waals surface area contributed by atoms with Gasteiger partial charge in [-0.05, 0) is 0 Å². The Kier molecular flexibility index (Phi) is 7.92. The van der Waals surface area contributed by atoms with Crippen LogP contribution in [0.2, 0.25) is 0 Å². The second-order valence-corrected chi connectivity index (χ2v) is 1.01. The van der Waals surface area contributed by atoms with Crippen LogP contribution in [0.25, 0.3) is 0 Å². The average Bonchev–Trinajstić information content (AvgIpc) is 1.38. The van der Waals surface area contributed by atoms with Crippen molar-refractivity contribution >= 4 is 16.9 Å². The predicted molar refractivity (Wildman–Crippen MR) is 21.9 cm³/mol. The standard InChI is InChI=1S/C2H5ClN2.ClH/c1-5-2(3)4;/h1H3,(H2,4,5);1H. The molecule has 0 bridgehead atoms. The van der Waals surface area contributed by atoms with E-state index in [0.29, 0.717) is 0 Å². The summed E-state index contributed by atoms with van der Waals surface area (Å²) in [6, 6.07) is 0. The minimum Gasteiger partial charge on any atom is -1.00 e. The Bertz CT molecular complexity index is 47.5. The third kappa shape index (κ3) is 8.96. The van der Waals surface area contributed by atoms with Crippen LogP contribution in [0.15, 0.2) is 0 Å². The van der Waals surface area contributed by atoms with Crippen molar-refractivity contribution in [2.24, 2.45) is 5.73 Å². The van der Waals surface area contributed by atoms with E-state index in [1.165, 1.54) is 0 Å². The summed E-state index contributed by atoms with van der Waals surface area (Å²) in [4.78, 5) is 2.49. The maximum Gasteiger partial charge on any atom is 0.338 e. The summed E-state index contributed by atoms with van der Waals surface area (Å²) >= 11 is 5.05. The molecular formula is C2H6Cl2N2. The van der Waals surface area contributed by atoms with Gasteiger partial charge in [-0.1, -0.05) is 0 Å². The van der Waals surface area contributed by atoms with Crippen molar-refractivity contribution in [3.8, 4) is 0 Å². The molecule has 0 aromatic rings. The molecule has 0 aromatic heterocycles. The van der Waals surface area contributed by atoms with Crippen molar-refractivity contribution in [1.29, 1.82) is 0 Å². The molecule has 0 aliphatic heterocycles. The Balaban J connectivity index is 0. The van der Waals surface area contributed by atoms with Gasteiger partial charge in [-0.15, -0.1) is 0 Å². The minimum absolute atomic E-state index is 0. The average molecular weight is 129 g/mol. The highest BCUT2D eigenvalue weighted by Crippen LogP contribution is 1.51. The first kappa shape index (κ1) is 9.41. The van der Waals surface area contributed by atoms with Crippen molar-refractivity contribution in [2.45, 2.75) is 0 Å². The number of halogens is 2.